The first-order chi connectivity index (χ1) is 9.33. The third-order valence-corrected chi connectivity index (χ3v) is 4.21. The third-order valence-electron chi connectivity index (χ3n) is 4.21. The summed E-state index contributed by atoms with van der Waals surface area (Å²) < 4.78 is 11.4. The minimum absolute atomic E-state index is 0.186. The van der Waals surface area contributed by atoms with Crippen LogP contribution in [0.3, 0.4) is 0 Å². The molecule has 1 fully saturated rings. The van der Waals surface area contributed by atoms with Crippen molar-refractivity contribution in [2.45, 2.75) is 50.7 Å². The molecule has 1 aromatic rings. The Morgan fingerprint density at radius 1 is 1.26 bits per heavy atom. The molecule has 2 atom stereocenters. The lowest BCUT2D eigenvalue weighted by Crippen LogP contribution is -2.17. The maximum Gasteiger partial charge on any atom is 0.119 e. The van der Waals surface area contributed by atoms with Gasteiger partial charge in [-0.2, -0.15) is 0 Å². The van der Waals surface area contributed by atoms with Crippen LogP contribution in [0.1, 0.15) is 49.3 Å². The van der Waals surface area contributed by atoms with Crippen LogP contribution in [-0.4, -0.2) is 19.3 Å². The maximum absolute atomic E-state index is 6.17. The standard InChI is InChI=1S/C16H23NO2/c17-16-5-1-3-12-6-7-14(11-15(12)16)19-10-8-13-4-2-9-18-13/h6-7,11,13,16H,1-5,8-10,17H2. The molecule has 19 heavy (non-hydrogen) atoms. The molecule has 3 heteroatoms. The molecule has 1 aliphatic heterocycles. The average molecular weight is 261 g/mol. The second kappa shape index (κ2) is 5.93. The van der Waals surface area contributed by atoms with Crippen molar-refractivity contribution in [1.82, 2.24) is 0 Å². The Labute approximate surface area is 115 Å². The number of hydrogen-bond donors (Lipinski definition) is 1. The van der Waals surface area contributed by atoms with Gasteiger partial charge in [0, 0.05) is 19.1 Å². The van der Waals surface area contributed by atoms with E-state index in [2.05, 4.69) is 18.2 Å². The Morgan fingerprint density at radius 3 is 3.05 bits per heavy atom. The van der Waals surface area contributed by atoms with Crippen LogP contribution < -0.4 is 10.5 Å². The highest BCUT2D eigenvalue weighted by atomic mass is 16.5. The third kappa shape index (κ3) is 3.10. The number of hydrogen-bond acceptors (Lipinski definition) is 3. The zero-order valence-electron chi connectivity index (χ0n) is 11.4. The number of aryl methyl sites for hydroxylation is 1. The summed E-state index contributed by atoms with van der Waals surface area (Å²) in [5.41, 5.74) is 8.84. The lowest BCUT2D eigenvalue weighted by atomic mass is 9.88. The smallest absolute Gasteiger partial charge is 0.119 e. The predicted octanol–water partition coefficient (Wildman–Crippen LogP) is 2.97. The van der Waals surface area contributed by atoms with Crippen molar-refractivity contribution < 1.29 is 9.47 Å². The molecule has 2 N–H and O–H groups in total. The molecule has 0 aromatic heterocycles. The van der Waals surface area contributed by atoms with Crippen LogP contribution in [0.15, 0.2) is 18.2 Å². The van der Waals surface area contributed by atoms with E-state index in [0.717, 1.165) is 38.2 Å². The zero-order valence-corrected chi connectivity index (χ0v) is 11.4. The zero-order chi connectivity index (χ0) is 13.1. The van der Waals surface area contributed by atoms with Crippen molar-refractivity contribution in [3.05, 3.63) is 29.3 Å². The molecule has 0 bridgehead atoms. The van der Waals surface area contributed by atoms with Gasteiger partial charge in [0.05, 0.1) is 12.7 Å². The Hall–Kier alpha value is -1.06. The first kappa shape index (κ1) is 12.9. The van der Waals surface area contributed by atoms with Gasteiger partial charge in [-0.15, -0.1) is 0 Å². The summed E-state index contributed by atoms with van der Waals surface area (Å²) in [5.74, 6) is 0.953. The molecule has 1 saturated heterocycles. The summed E-state index contributed by atoms with van der Waals surface area (Å²) >= 11 is 0. The van der Waals surface area contributed by atoms with Gasteiger partial charge < -0.3 is 15.2 Å². The fourth-order valence-corrected chi connectivity index (χ4v) is 3.08. The second-order valence-electron chi connectivity index (χ2n) is 5.63. The van der Waals surface area contributed by atoms with Gasteiger partial charge in [-0.1, -0.05) is 6.07 Å². The average Bonchev–Trinajstić information content (AvgIpc) is 2.93. The highest BCUT2D eigenvalue weighted by molar-refractivity contribution is 5.39. The van der Waals surface area contributed by atoms with E-state index in [1.807, 2.05) is 0 Å². The Kier molecular flexibility index (Phi) is 4.04. The summed E-state index contributed by atoms with van der Waals surface area (Å²) in [6.45, 7) is 1.65. The number of nitrogens with two attached hydrogens (primary N) is 1. The van der Waals surface area contributed by atoms with Crippen molar-refractivity contribution in [2.24, 2.45) is 5.73 Å². The van der Waals surface area contributed by atoms with E-state index in [9.17, 15) is 0 Å². The second-order valence-corrected chi connectivity index (χ2v) is 5.63. The first-order valence-corrected chi connectivity index (χ1v) is 7.46. The van der Waals surface area contributed by atoms with Crippen molar-refractivity contribution in [1.29, 1.82) is 0 Å². The molecule has 2 unspecified atom stereocenters. The van der Waals surface area contributed by atoms with Gasteiger partial charge in [0.15, 0.2) is 0 Å². The van der Waals surface area contributed by atoms with E-state index in [1.165, 1.54) is 30.4 Å². The van der Waals surface area contributed by atoms with Crippen LogP contribution in [0.25, 0.3) is 0 Å². The van der Waals surface area contributed by atoms with Gasteiger partial charge in [0.2, 0.25) is 0 Å². The minimum atomic E-state index is 0.186. The number of ether oxygens (including phenoxy) is 2. The van der Waals surface area contributed by atoms with Crippen LogP contribution in [0, 0.1) is 0 Å². The van der Waals surface area contributed by atoms with E-state index >= 15 is 0 Å². The largest absolute Gasteiger partial charge is 0.493 e. The van der Waals surface area contributed by atoms with E-state index in [4.69, 9.17) is 15.2 Å². The highest BCUT2D eigenvalue weighted by Gasteiger charge is 2.18. The fraction of sp³-hybridized carbons (Fsp3) is 0.625. The van der Waals surface area contributed by atoms with Gasteiger partial charge in [0.25, 0.3) is 0 Å². The summed E-state index contributed by atoms with van der Waals surface area (Å²) in [6.07, 6.45) is 7.21. The van der Waals surface area contributed by atoms with Gasteiger partial charge in [-0.3, -0.25) is 0 Å². The number of fused-ring (bicyclic) bond motifs is 1. The van der Waals surface area contributed by atoms with Gasteiger partial charge >= 0.3 is 0 Å². The molecule has 3 rings (SSSR count). The van der Waals surface area contributed by atoms with Crippen LogP contribution >= 0.6 is 0 Å². The normalized spacial score (nSPS) is 26.2. The monoisotopic (exact) mass is 261 g/mol. The van der Waals surface area contributed by atoms with Crippen molar-refractivity contribution >= 4 is 0 Å². The van der Waals surface area contributed by atoms with Gasteiger partial charge in [-0.05, 0) is 55.4 Å². The molecule has 0 spiro atoms. The predicted molar refractivity (Wildman–Crippen MR) is 75.4 cm³/mol. The summed E-state index contributed by atoms with van der Waals surface area (Å²) in [4.78, 5) is 0. The Bertz CT molecular complexity index is 427. The Balaban J connectivity index is 1.57. The molecule has 1 aliphatic carbocycles. The molecule has 2 aliphatic rings. The molecular formula is C16H23NO2. The van der Waals surface area contributed by atoms with E-state index in [0.29, 0.717) is 6.10 Å². The minimum Gasteiger partial charge on any atom is -0.493 e. The summed E-state index contributed by atoms with van der Waals surface area (Å²) in [6, 6.07) is 6.57. The van der Waals surface area contributed by atoms with Gasteiger partial charge in [-0.25, -0.2) is 0 Å². The van der Waals surface area contributed by atoms with Crippen molar-refractivity contribution in [2.75, 3.05) is 13.2 Å². The summed E-state index contributed by atoms with van der Waals surface area (Å²) in [7, 11) is 0. The quantitative estimate of drug-likeness (QED) is 0.906. The molecule has 0 saturated carbocycles. The lowest BCUT2D eigenvalue weighted by molar-refractivity contribution is 0.0903. The van der Waals surface area contributed by atoms with Crippen LogP contribution in [0.5, 0.6) is 5.75 Å². The fourth-order valence-electron chi connectivity index (χ4n) is 3.08. The van der Waals surface area contributed by atoms with Crippen LogP contribution in [0.2, 0.25) is 0 Å². The van der Waals surface area contributed by atoms with Crippen LogP contribution in [-0.2, 0) is 11.2 Å². The first-order valence-electron chi connectivity index (χ1n) is 7.46. The number of rotatable bonds is 4. The highest BCUT2D eigenvalue weighted by Crippen LogP contribution is 2.31. The number of benzene rings is 1. The molecule has 0 amide bonds. The molecule has 0 radical (unpaired) electrons. The Morgan fingerprint density at radius 2 is 2.21 bits per heavy atom. The maximum atomic E-state index is 6.17. The topological polar surface area (TPSA) is 44.5 Å². The molecule has 3 nitrogen and oxygen atoms in total. The molecule has 104 valence electrons. The molecular weight excluding hydrogens is 238 g/mol. The van der Waals surface area contributed by atoms with E-state index < -0.39 is 0 Å². The van der Waals surface area contributed by atoms with Crippen molar-refractivity contribution in [3.8, 4) is 5.75 Å². The van der Waals surface area contributed by atoms with Crippen molar-refractivity contribution in [3.63, 3.8) is 0 Å². The van der Waals surface area contributed by atoms with E-state index in [1.54, 1.807) is 0 Å². The van der Waals surface area contributed by atoms with Gasteiger partial charge in [0.1, 0.15) is 5.75 Å². The molecule has 1 heterocycles. The SMILES string of the molecule is NC1CCCc2ccc(OCCC3CCCO3)cc21. The van der Waals surface area contributed by atoms with E-state index in [-0.39, 0.29) is 6.04 Å². The summed E-state index contributed by atoms with van der Waals surface area (Å²) in [5, 5.41) is 0. The molecule has 1 aromatic carbocycles. The van der Waals surface area contributed by atoms with Crippen LogP contribution in [0.4, 0.5) is 0 Å². The lowest BCUT2D eigenvalue weighted by Gasteiger charge is -2.23.